The molecular formula is C13H15N6OS+. The highest BCUT2D eigenvalue weighted by molar-refractivity contribution is 7.13. The third-order valence-corrected chi connectivity index (χ3v) is 3.33. The SMILES string of the molecule is CC(=O)N(c1ccccc1)c1[nH+]c(/C=N\N=C(N)N)cs1. The van der Waals surface area contributed by atoms with Crippen LogP contribution in [0.15, 0.2) is 45.9 Å². The smallest absolute Gasteiger partial charge is 0.347 e. The van der Waals surface area contributed by atoms with Crippen molar-refractivity contribution >= 4 is 40.2 Å². The van der Waals surface area contributed by atoms with Crippen molar-refractivity contribution in [3.8, 4) is 0 Å². The summed E-state index contributed by atoms with van der Waals surface area (Å²) in [7, 11) is 0. The number of nitrogens with zero attached hydrogens (tertiary/aromatic N) is 3. The number of guanidine groups is 1. The first kappa shape index (κ1) is 14.7. The highest BCUT2D eigenvalue weighted by Crippen LogP contribution is 2.25. The number of aromatic amines is 1. The van der Waals surface area contributed by atoms with Gasteiger partial charge in [0.25, 0.3) is 0 Å². The van der Waals surface area contributed by atoms with Crippen molar-refractivity contribution in [2.24, 2.45) is 21.7 Å². The largest absolute Gasteiger partial charge is 0.369 e. The molecule has 0 aliphatic heterocycles. The number of carbonyl (C=O) groups excluding carboxylic acids is 1. The number of thiazole rings is 1. The molecule has 0 atom stereocenters. The number of anilines is 2. The third kappa shape index (κ3) is 3.86. The zero-order valence-electron chi connectivity index (χ0n) is 11.4. The normalized spacial score (nSPS) is 10.5. The van der Waals surface area contributed by atoms with Crippen molar-refractivity contribution in [3.63, 3.8) is 0 Å². The summed E-state index contributed by atoms with van der Waals surface area (Å²) in [5.74, 6) is -0.205. The molecule has 1 aromatic heterocycles. The van der Waals surface area contributed by atoms with Gasteiger partial charge in [0.15, 0.2) is 5.69 Å². The van der Waals surface area contributed by atoms with Crippen LogP contribution in [0.2, 0.25) is 0 Å². The van der Waals surface area contributed by atoms with Gasteiger partial charge in [-0.05, 0) is 12.1 Å². The van der Waals surface area contributed by atoms with Crippen LogP contribution in [0.4, 0.5) is 10.8 Å². The number of aromatic nitrogens is 1. The molecule has 8 heteroatoms. The fourth-order valence-electron chi connectivity index (χ4n) is 1.65. The van der Waals surface area contributed by atoms with Gasteiger partial charge in [-0.1, -0.05) is 29.5 Å². The number of H-pyrrole nitrogens is 1. The van der Waals surface area contributed by atoms with E-state index in [9.17, 15) is 4.79 Å². The van der Waals surface area contributed by atoms with E-state index in [1.807, 2.05) is 35.7 Å². The number of hydrogen-bond donors (Lipinski definition) is 2. The van der Waals surface area contributed by atoms with Gasteiger partial charge in [0, 0.05) is 12.3 Å². The van der Waals surface area contributed by atoms with Gasteiger partial charge in [-0.2, -0.15) is 10.0 Å². The number of amides is 1. The Kier molecular flexibility index (Phi) is 4.62. The van der Waals surface area contributed by atoms with E-state index >= 15 is 0 Å². The molecule has 0 saturated heterocycles. The van der Waals surface area contributed by atoms with Crippen LogP contribution in [0.3, 0.4) is 0 Å². The predicted molar refractivity (Wildman–Crippen MR) is 83.5 cm³/mol. The van der Waals surface area contributed by atoms with Crippen LogP contribution in [-0.2, 0) is 4.79 Å². The van der Waals surface area contributed by atoms with Crippen molar-refractivity contribution in [2.75, 3.05) is 4.90 Å². The van der Waals surface area contributed by atoms with E-state index in [2.05, 4.69) is 15.2 Å². The summed E-state index contributed by atoms with van der Waals surface area (Å²) in [6, 6.07) is 9.37. The van der Waals surface area contributed by atoms with Crippen molar-refractivity contribution < 1.29 is 9.78 Å². The van der Waals surface area contributed by atoms with Gasteiger partial charge in [-0.3, -0.25) is 0 Å². The van der Waals surface area contributed by atoms with Gasteiger partial charge >= 0.3 is 11.0 Å². The van der Waals surface area contributed by atoms with Crippen LogP contribution < -0.4 is 21.4 Å². The number of hydrogen-bond acceptors (Lipinski definition) is 4. The van der Waals surface area contributed by atoms with Gasteiger partial charge in [-0.15, -0.1) is 5.10 Å². The lowest BCUT2D eigenvalue weighted by atomic mass is 10.3. The Bertz CT molecular complexity index is 675. The molecule has 0 bridgehead atoms. The van der Waals surface area contributed by atoms with E-state index in [4.69, 9.17) is 11.5 Å². The van der Waals surface area contributed by atoms with Crippen LogP contribution in [0, 0.1) is 0 Å². The van der Waals surface area contributed by atoms with Crippen LogP contribution in [0.1, 0.15) is 12.6 Å². The number of rotatable bonds is 4. The molecule has 5 N–H and O–H groups in total. The Morgan fingerprint density at radius 1 is 1.33 bits per heavy atom. The van der Waals surface area contributed by atoms with Gasteiger partial charge in [0.05, 0.1) is 6.21 Å². The second-order valence-electron chi connectivity index (χ2n) is 4.08. The summed E-state index contributed by atoms with van der Waals surface area (Å²) in [6.07, 6.45) is 1.48. The van der Waals surface area contributed by atoms with Crippen molar-refractivity contribution in [2.45, 2.75) is 6.92 Å². The Morgan fingerprint density at radius 2 is 2.05 bits per heavy atom. The first-order valence-electron chi connectivity index (χ1n) is 6.06. The Hall–Kier alpha value is -2.74. The molecule has 2 aromatic rings. The van der Waals surface area contributed by atoms with Gasteiger partial charge in [0.1, 0.15) is 5.69 Å². The summed E-state index contributed by atoms with van der Waals surface area (Å²) < 4.78 is 0. The molecule has 7 nitrogen and oxygen atoms in total. The average Bonchev–Trinajstić information content (AvgIpc) is 2.88. The molecule has 1 aromatic carbocycles. The second kappa shape index (κ2) is 6.62. The van der Waals surface area contributed by atoms with Crippen LogP contribution in [-0.4, -0.2) is 18.1 Å². The minimum absolute atomic E-state index is 0.0907. The lowest BCUT2D eigenvalue weighted by molar-refractivity contribution is -0.357. The fraction of sp³-hybridized carbons (Fsp3) is 0.0769. The van der Waals surface area contributed by atoms with E-state index < -0.39 is 0 Å². The molecule has 0 saturated carbocycles. The summed E-state index contributed by atoms with van der Waals surface area (Å²) in [4.78, 5) is 16.6. The Labute approximate surface area is 125 Å². The molecule has 0 aliphatic rings. The molecule has 108 valence electrons. The molecule has 0 spiro atoms. The van der Waals surface area contributed by atoms with Crippen LogP contribution in [0.5, 0.6) is 0 Å². The summed E-state index contributed by atoms with van der Waals surface area (Å²) in [5, 5.41) is 9.73. The number of nitrogens with one attached hydrogen (secondary N) is 1. The van der Waals surface area contributed by atoms with Gasteiger partial charge in [-0.25, -0.2) is 9.78 Å². The van der Waals surface area contributed by atoms with Gasteiger partial charge < -0.3 is 11.5 Å². The standard InChI is InChI=1S/C13H14N6OS/c1-9(20)19(11-5-3-2-4-6-11)13-17-10(8-21-13)7-16-18-12(14)15/h2-8H,1H3,(H4,14,15,18)/p+1/b16-7-. The van der Waals surface area contributed by atoms with E-state index in [1.54, 1.807) is 4.90 Å². The lowest BCUT2D eigenvalue weighted by Gasteiger charge is -2.09. The van der Waals surface area contributed by atoms with Crippen molar-refractivity contribution in [3.05, 3.63) is 41.4 Å². The number of para-hydroxylation sites is 1. The maximum Gasteiger partial charge on any atom is 0.347 e. The number of carbonyl (C=O) groups is 1. The van der Waals surface area contributed by atoms with Crippen LogP contribution in [0.25, 0.3) is 0 Å². The molecule has 2 rings (SSSR count). The zero-order valence-corrected chi connectivity index (χ0v) is 12.2. The van der Waals surface area contributed by atoms with Gasteiger partial charge in [0.2, 0.25) is 5.96 Å². The molecule has 0 fully saturated rings. The second-order valence-corrected chi connectivity index (χ2v) is 4.94. The van der Waals surface area contributed by atoms with Crippen molar-refractivity contribution in [1.29, 1.82) is 0 Å². The highest BCUT2D eigenvalue weighted by Gasteiger charge is 2.25. The molecule has 0 aliphatic carbocycles. The van der Waals surface area contributed by atoms with Crippen molar-refractivity contribution in [1.82, 2.24) is 0 Å². The van der Waals surface area contributed by atoms with E-state index in [-0.39, 0.29) is 11.9 Å². The Morgan fingerprint density at radius 3 is 2.67 bits per heavy atom. The predicted octanol–water partition coefficient (Wildman–Crippen LogP) is 0.854. The summed E-state index contributed by atoms with van der Waals surface area (Å²) >= 11 is 1.39. The molecule has 21 heavy (non-hydrogen) atoms. The quantitative estimate of drug-likeness (QED) is 0.496. The minimum Gasteiger partial charge on any atom is -0.369 e. The zero-order chi connectivity index (χ0) is 15.2. The van der Waals surface area contributed by atoms with E-state index in [1.165, 1.54) is 24.5 Å². The first-order chi connectivity index (χ1) is 10.1. The molecule has 0 radical (unpaired) electrons. The summed E-state index contributed by atoms with van der Waals surface area (Å²) in [6.45, 7) is 1.51. The summed E-state index contributed by atoms with van der Waals surface area (Å²) in [5.41, 5.74) is 11.8. The topological polar surface area (TPSA) is 111 Å². The van der Waals surface area contributed by atoms with E-state index in [0.717, 1.165) is 5.69 Å². The molecule has 0 unspecified atom stereocenters. The minimum atomic E-state index is -0.114. The molecular weight excluding hydrogens is 288 g/mol. The maximum absolute atomic E-state index is 11.9. The highest BCUT2D eigenvalue weighted by atomic mass is 32.1. The fourth-order valence-corrected chi connectivity index (χ4v) is 2.52. The van der Waals surface area contributed by atoms with E-state index in [0.29, 0.717) is 10.8 Å². The number of benzene rings is 1. The number of nitrogens with two attached hydrogens (primary N) is 2. The molecule has 1 amide bonds. The van der Waals surface area contributed by atoms with Crippen LogP contribution >= 0.6 is 11.3 Å². The monoisotopic (exact) mass is 303 g/mol. The Balaban J connectivity index is 2.27. The average molecular weight is 303 g/mol. The molecule has 1 heterocycles. The maximum atomic E-state index is 11.9. The lowest BCUT2D eigenvalue weighted by Crippen LogP contribution is -2.27. The first-order valence-corrected chi connectivity index (χ1v) is 6.94. The third-order valence-electron chi connectivity index (χ3n) is 2.45.